The Kier molecular flexibility index (Phi) is 7.88. The first kappa shape index (κ1) is 27.5. The number of hydrogen-bond acceptors (Lipinski definition) is 5. The van der Waals surface area contributed by atoms with E-state index < -0.39 is 5.92 Å². The molecule has 0 aromatic heterocycles. The summed E-state index contributed by atoms with van der Waals surface area (Å²) in [6.07, 6.45) is 4.12. The smallest absolute Gasteiger partial charge is 0.262 e. The molecule has 1 N–H and O–H groups in total. The normalized spacial score (nSPS) is 17.8. The average molecular weight is 568 g/mol. The minimum Gasteiger partial charge on any atom is -0.481 e. The quantitative estimate of drug-likeness (QED) is 0.405. The van der Waals surface area contributed by atoms with Gasteiger partial charge in [0.25, 0.3) is 5.91 Å². The lowest BCUT2D eigenvalue weighted by Crippen LogP contribution is -2.39. The van der Waals surface area contributed by atoms with Crippen LogP contribution in [0.1, 0.15) is 68.1 Å². The number of amides is 1. The van der Waals surface area contributed by atoms with Gasteiger partial charge in [-0.25, -0.2) is 0 Å². The highest BCUT2D eigenvalue weighted by Crippen LogP contribution is 2.50. The van der Waals surface area contributed by atoms with Crippen LogP contribution in [0.25, 0.3) is 0 Å². The van der Waals surface area contributed by atoms with Crippen LogP contribution in [0.5, 0.6) is 5.75 Å². The average Bonchev–Trinajstić information content (AvgIpc) is 2.89. The zero-order chi connectivity index (χ0) is 27.8. The van der Waals surface area contributed by atoms with E-state index >= 15 is 0 Å². The van der Waals surface area contributed by atoms with Gasteiger partial charge >= 0.3 is 0 Å². The molecule has 204 valence electrons. The number of Topliss-reactive ketones (excluding diaryl/α,β-unsaturated/α-hetero) is 2. The van der Waals surface area contributed by atoms with Crippen LogP contribution in [-0.4, -0.2) is 35.5 Å². The highest BCUT2D eigenvalue weighted by atomic mass is 35.5. The van der Waals surface area contributed by atoms with Gasteiger partial charge in [-0.2, -0.15) is 0 Å². The number of hydrogen-bond donors (Lipinski definition) is 1. The number of carbonyl (C=O) groups is 3. The summed E-state index contributed by atoms with van der Waals surface area (Å²) in [6.45, 7) is 6.41. The van der Waals surface area contributed by atoms with Crippen molar-refractivity contribution in [1.82, 2.24) is 4.90 Å². The van der Waals surface area contributed by atoms with Gasteiger partial charge in [-0.1, -0.05) is 40.9 Å². The SMILES string of the molecule is CCN1C2=C(C(=O)CCC2)C(c2cc(Cl)c(OCC(=O)Nc3ccc(C)cc3C)c(Cl)c2)C2=C1CCCC2=O. The van der Waals surface area contributed by atoms with Crippen LogP contribution in [-0.2, 0) is 14.4 Å². The van der Waals surface area contributed by atoms with E-state index in [0.29, 0.717) is 41.8 Å². The molecule has 3 aliphatic rings. The minimum absolute atomic E-state index is 0.0697. The number of rotatable bonds is 6. The molecule has 0 unspecified atom stereocenters. The predicted octanol–water partition coefficient (Wildman–Crippen LogP) is 7.06. The van der Waals surface area contributed by atoms with Gasteiger partial charge < -0.3 is 15.0 Å². The largest absolute Gasteiger partial charge is 0.481 e. The van der Waals surface area contributed by atoms with Crippen molar-refractivity contribution >= 4 is 46.4 Å². The van der Waals surface area contributed by atoms with Crippen molar-refractivity contribution in [2.75, 3.05) is 18.5 Å². The van der Waals surface area contributed by atoms with Gasteiger partial charge in [0.05, 0.1) is 10.0 Å². The minimum atomic E-state index is -0.504. The third kappa shape index (κ3) is 5.24. The summed E-state index contributed by atoms with van der Waals surface area (Å²) in [5.41, 5.74) is 6.87. The van der Waals surface area contributed by atoms with E-state index in [4.69, 9.17) is 27.9 Å². The van der Waals surface area contributed by atoms with Crippen molar-refractivity contribution in [3.8, 4) is 5.75 Å². The predicted molar refractivity (Wildman–Crippen MR) is 153 cm³/mol. The molecule has 8 heteroatoms. The molecular weight excluding hydrogens is 535 g/mol. The van der Waals surface area contributed by atoms with Crippen molar-refractivity contribution in [2.45, 2.75) is 65.2 Å². The van der Waals surface area contributed by atoms with Crippen molar-refractivity contribution in [1.29, 1.82) is 0 Å². The van der Waals surface area contributed by atoms with E-state index in [-0.39, 0.29) is 39.9 Å². The van der Waals surface area contributed by atoms with Crippen molar-refractivity contribution in [2.24, 2.45) is 0 Å². The molecule has 1 amide bonds. The zero-order valence-electron chi connectivity index (χ0n) is 22.5. The molecule has 2 aliphatic carbocycles. The third-order valence-electron chi connectivity index (χ3n) is 7.76. The molecule has 5 rings (SSSR count). The van der Waals surface area contributed by atoms with Gasteiger partial charge in [0, 0.05) is 53.5 Å². The second kappa shape index (κ2) is 11.2. The molecule has 39 heavy (non-hydrogen) atoms. The van der Waals surface area contributed by atoms with Crippen molar-refractivity contribution < 1.29 is 19.1 Å². The Morgan fingerprint density at radius 2 is 1.54 bits per heavy atom. The van der Waals surface area contributed by atoms with Crippen LogP contribution in [0, 0.1) is 13.8 Å². The Morgan fingerprint density at radius 1 is 0.949 bits per heavy atom. The molecule has 0 saturated carbocycles. The first-order valence-corrected chi connectivity index (χ1v) is 14.2. The lowest BCUT2D eigenvalue weighted by Gasteiger charge is -2.43. The first-order chi connectivity index (χ1) is 18.7. The van der Waals surface area contributed by atoms with E-state index in [1.54, 1.807) is 12.1 Å². The Labute approximate surface area is 239 Å². The molecule has 6 nitrogen and oxygen atoms in total. The van der Waals surface area contributed by atoms with Crippen molar-refractivity contribution in [3.63, 3.8) is 0 Å². The molecule has 1 heterocycles. The first-order valence-electron chi connectivity index (χ1n) is 13.5. The number of nitrogens with zero attached hydrogens (tertiary/aromatic N) is 1. The maximum absolute atomic E-state index is 13.3. The van der Waals surface area contributed by atoms with E-state index in [0.717, 1.165) is 48.2 Å². The fraction of sp³-hybridized carbons (Fsp3) is 0.387. The van der Waals surface area contributed by atoms with E-state index in [9.17, 15) is 14.4 Å². The number of ether oxygens (including phenoxy) is 1. The molecule has 0 spiro atoms. The maximum atomic E-state index is 13.3. The van der Waals surface area contributed by atoms with Crippen molar-refractivity contribution in [3.05, 3.63) is 79.6 Å². The summed E-state index contributed by atoms with van der Waals surface area (Å²) in [4.78, 5) is 41.4. The summed E-state index contributed by atoms with van der Waals surface area (Å²) in [6, 6.07) is 9.21. The zero-order valence-corrected chi connectivity index (χ0v) is 24.0. The standard InChI is InChI=1S/C31H32Cl2N2O4/c1-4-35-23-7-5-9-25(36)29(23)28(30-24(35)8-6-10-26(30)37)19-14-20(32)31(21(33)15-19)39-16-27(38)34-22-12-11-17(2)13-18(22)3/h11-15,28H,4-10,16H2,1-3H3,(H,34,38). The molecule has 1 aliphatic heterocycles. The monoisotopic (exact) mass is 566 g/mol. The lowest BCUT2D eigenvalue weighted by atomic mass is 9.71. The Morgan fingerprint density at radius 3 is 2.08 bits per heavy atom. The molecule has 2 aromatic rings. The summed E-state index contributed by atoms with van der Waals surface area (Å²) in [7, 11) is 0. The van der Waals surface area contributed by atoms with E-state index in [2.05, 4.69) is 17.1 Å². The van der Waals surface area contributed by atoms with Crippen LogP contribution >= 0.6 is 23.2 Å². The van der Waals surface area contributed by atoms with Crippen LogP contribution < -0.4 is 10.1 Å². The molecule has 0 radical (unpaired) electrons. The van der Waals surface area contributed by atoms with Crippen LogP contribution in [0.2, 0.25) is 10.0 Å². The topological polar surface area (TPSA) is 75.7 Å². The highest BCUT2D eigenvalue weighted by molar-refractivity contribution is 6.37. The number of anilines is 1. The molecule has 0 atom stereocenters. The maximum Gasteiger partial charge on any atom is 0.262 e. The fourth-order valence-electron chi connectivity index (χ4n) is 6.09. The molecule has 0 fully saturated rings. The Balaban J connectivity index is 1.45. The highest BCUT2D eigenvalue weighted by Gasteiger charge is 2.43. The fourth-order valence-corrected chi connectivity index (χ4v) is 6.71. The molecule has 0 bridgehead atoms. The number of benzene rings is 2. The third-order valence-corrected chi connectivity index (χ3v) is 8.32. The summed E-state index contributed by atoms with van der Waals surface area (Å²) < 4.78 is 5.76. The van der Waals surface area contributed by atoms with Gasteiger partial charge in [-0.15, -0.1) is 0 Å². The summed E-state index contributed by atoms with van der Waals surface area (Å²) >= 11 is 13.3. The Bertz CT molecular complexity index is 1380. The van der Waals surface area contributed by atoms with Gasteiger partial charge in [0.15, 0.2) is 23.9 Å². The molecule has 0 saturated heterocycles. The molecule has 2 aromatic carbocycles. The number of halogens is 2. The number of carbonyl (C=O) groups excluding carboxylic acids is 3. The van der Waals surface area contributed by atoms with Crippen LogP contribution in [0.15, 0.2) is 52.9 Å². The second-order valence-corrected chi connectivity index (χ2v) is 11.2. The van der Waals surface area contributed by atoms with Gasteiger partial charge in [0.2, 0.25) is 0 Å². The summed E-state index contributed by atoms with van der Waals surface area (Å²) in [5, 5.41) is 3.30. The number of allylic oxidation sites excluding steroid dienone is 4. The van der Waals surface area contributed by atoms with E-state index in [1.807, 2.05) is 32.0 Å². The number of aryl methyl sites for hydroxylation is 2. The molecular formula is C31H32Cl2N2O4. The lowest BCUT2D eigenvalue weighted by molar-refractivity contribution is -0.118. The van der Waals surface area contributed by atoms with Crippen LogP contribution in [0.3, 0.4) is 0 Å². The van der Waals surface area contributed by atoms with Gasteiger partial charge in [0.1, 0.15) is 0 Å². The van der Waals surface area contributed by atoms with Gasteiger partial charge in [-0.05, 0) is 75.8 Å². The van der Waals surface area contributed by atoms with Crippen LogP contribution in [0.4, 0.5) is 5.69 Å². The number of nitrogens with one attached hydrogen (secondary N) is 1. The van der Waals surface area contributed by atoms with E-state index in [1.165, 1.54) is 0 Å². The number of ketones is 2. The second-order valence-electron chi connectivity index (χ2n) is 10.4. The summed E-state index contributed by atoms with van der Waals surface area (Å²) in [5.74, 6) is -0.511. The van der Waals surface area contributed by atoms with Gasteiger partial charge in [-0.3, -0.25) is 14.4 Å². The Hall–Kier alpha value is -3.09.